The lowest BCUT2D eigenvalue weighted by Gasteiger charge is -2.09. The van der Waals surface area contributed by atoms with Crippen molar-refractivity contribution >= 4 is 31.9 Å². The molecular formula is C17H14F3N5O2S. The van der Waals surface area contributed by atoms with E-state index in [4.69, 9.17) is 0 Å². The van der Waals surface area contributed by atoms with Gasteiger partial charge in [-0.05, 0) is 18.2 Å². The number of aryl methyl sites for hydroxylation is 2. The molecule has 3 heterocycles. The van der Waals surface area contributed by atoms with Gasteiger partial charge >= 0.3 is 6.18 Å². The molecule has 28 heavy (non-hydrogen) atoms. The standard InChI is InChI=1S/C17H14F3N5O2S/c1-24-8-22-10-5-14(28(3,26)27)9(4-12(10)24)16-23-11-6-15(17(18,19)20)21-7-13(11)25(16)2/h4-8H,1-3H3. The normalized spacial score (nSPS) is 12.9. The van der Waals surface area contributed by atoms with Gasteiger partial charge in [-0.15, -0.1) is 0 Å². The fourth-order valence-electron chi connectivity index (χ4n) is 3.12. The summed E-state index contributed by atoms with van der Waals surface area (Å²) in [5, 5.41) is 0. The summed E-state index contributed by atoms with van der Waals surface area (Å²) < 4.78 is 66.8. The molecule has 0 spiro atoms. The maximum atomic E-state index is 13.0. The van der Waals surface area contributed by atoms with E-state index in [1.165, 1.54) is 10.6 Å². The molecular weight excluding hydrogens is 395 g/mol. The minimum Gasteiger partial charge on any atom is -0.334 e. The molecule has 0 bridgehead atoms. The van der Waals surface area contributed by atoms with Gasteiger partial charge in [0.2, 0.25) is 0 Å². The molecule has 0 unspecified atom stereocenters. The average molecular weight is 409 g/mol. The van der Waals surface area contributed by atoms with E-state index in [-0.39, 0.29) is 21.8 Å². The number of hydrogen-bond acceptors (Lipinski definition) is 5. The number of alkyl halides is 3. The summed E-state index contributed by atoms with van der Waals surface area (Å²) >= 11 is 0. The van der Waals surface area contributed by atoms with Crippen LogP contribution < -0.4 is 0 Å². The highest BCUT2D eigenvalue weighted by molar-refractivity contribution is 7.90. The highest BCUT2D eigenvalue weighted by Gasteiger charge is 2.33. The molecule has 0 aliphatic carbocycles. The topological polar surface area (TPSA) is 82.7 Å². The number of halogens is 3. The lowest BCUT2D eigenvalue weighted by atomic mass is 10.2. The van der Waals surface area contributed by atoms with Gasteiger partial charge in [0, 0.05) is 25.9 Å². The smallest absolute Gasteiger partial charge is 0.334 e. The molecule has 146 valence electrons. The highest BCUT2D eigenvalue weighted by Crippen LogP contribution is 2.34. The van der Waals surface area contributed by atoms with Crippen LogP contribution in [0.4, 0.5) is 13.2 Å². The zero-order valence-corrected chi connectivity index (χ0v) is 15.8. The van der Waals surface area contributed by atoms with E-state index >= 15 is 0 Å². The Morgan fingerprint density at radius 2 is 1.71 bits per heavy atom. The first-order chi connectivity index (χ1) is 13.0. The minimum atomic E-state index is -4.60. The largest absolute Gasteiger partial charge is 0.433 e. The zero-order chi connectivity index (χ0) is 20.4. The van der Waals surface area contributed by atoms with Gasteiger partial charge in [0.15, 0.2) is 9.84 Å². The van der Waals surface area contributed by atoms with Crippen LogP contribution >= 0.6 is 0 Å². The molecule has 7 nitrogen and oxygen atoms in total. The van der Waals surface area contributed by atoms with Crippen LogP contribution in [0.1, 0.15) is 5.69 Å². The van der Waals surface area contributed by atoms with Gasteiger partial charge in [-0.1, -0.05) is 0 Å². The lowest BCUT2D eigenvalue weighted by molar-refractivity contribution is -0.141. The number of nitrogens with zero attached hydrogens (tertiary/aromatic N) is 5. The van der Waals surface area contributed by atoms with Crippen molar-refractivity contribution in [1.29, 1.82) is 0 Å². The predicted octanol–water partition coefficient (Wildman–Crippen LogP) is 2.94. The third-order valence-electron chi connectivity index (χ3n) is 4.52. The molecule has 3 aromatic heterocycles. The van der Waals surface area contributed by atoms with Crippen LogP contribution in [-0.4, -0.2) is 38.8 Å². The number of imidazole rings is 2. The van der Waals surface area contributed by atoms with Gasteiger partial charge in [-0.3, -0.25) is 0 Å². The first-order valence-corrected chi connectivity index (χ1v) is 9.91. The van der Waals surface area contributed by atoms with Gasteiger partial charge in [0.1, 0.15) is 11.5 Å². The molecule has 4 rings (SSSR count). The SMILES string of the molecule is Cn1cnc2cc(S(C)(=O)=O)c(-c3nc4cc(C(F)(F)F)ncc4n3C)cc21. The Kier molecular flexibility index (Phi) is 3.80. The first-order valence-electron chi connectivity index (χ1n) is 8.02. The van der Waals surface area contributed by atoms with Crippen LogP contribution in [0.25, 0.3) is 33.5 Å². The zero-order valence-electron chi connectivity index (χ0n) is 15.0. The van der Waals surface area contributed by atoms with Gasteiger partial charge in [0.05, 0.1) is 39.5 Å². The van der Waals surface area contributed by atoms with Crippen LogP contribution in [0.15, 0.2) is 35.6 Å². The molecule has 1 aromatic carbocycles. The van der Waals surface area contributed by atoms with Gasteiger partial charge < -0.3 is 9.13 Å². The van der Waals surface area contributed by atoms with Crippen LogP contribution in [0, 0.1) is 0 Å². The average Bonchev–Trinajstić information content (AvgIpc) is 3.12. The van der Waals surface area contributed by atoms with E-state index in [2.05, 4.69) is 15.0 Å². The summed E-state index contributed by atoms with van der Waals surface area (Å²) in [6.45, 7) is 0. The number of pyridine rings is 1. The van der Waals surface area contributed by atoms with E-state index in [0.717, 1.165) is 18.5 Å². The molecule has 0 aliphatic heterocycles. The van der Waals surface area contributed by atoms with Crippen molar-refractivity contribution in [1.82, 2.24) is 24.1 Å². The summed E-state index contributed by atoms with van der Waals surface area (Å²) in [7, 11) is -0.294. The van der Waals surface area contributed by atoms with Crippen LogP contribution in [-0.2, 0) is 30.1 Å². The molecule has 0 aliphatic rings. The van der Waals surface area contributed by atoms with Crippen LogP contribution in [0.3, 0.4) is 0 Å². The van der Waals surface area contributed by atoms with Crippen molar-refractivity contribution in [3.63, 3.8) is 0 Å². The summed E-state index contributed by atoms with van der Waals surface area (Å²) in [6.07, 6.45) is -0.906. The molecule has 11 heteroatoms. The summed E-state index contributed by atoms with van der Waals surface area (Å²) in [6, 6.07) is 3.92. The Bertz CT molecular complexity index is 1350. The molecule has 0 N–H and O–H groups in total. The van der Waals surface area contributed by atoms with E-state index in [0.29, 0.717) is 16.6 Å². The number of fused-ring (bicyclic) bond motifs is 2. The number of hydrogen-bond donors (Lipinski definition) is 0. The third kappa shape index (κ3) is 2.82. The molecule has 0 amide bonds. The predicted molar refractivity (Wildman–Crippen MR) is 96.3 cm³/mol. The van der Waals surface area contributed by atoms with Crippen molar-refractivity contribution in [3.8, 4) is 11.4 Å². The molecule has 0 saturated heterocycles. The maximum Gasteiger partial charge on any atom is 0.433 e. The third-order valence-corrected chi connectivity index (χ3v) is 5.66. The Hall–Kier alpha value is -2.95. The number of aromatic nitrogens is 5. The van der Waals surface area contributed by atoms with Crippen molar-refractivity contribution in [3.05, 3.63) is 36.4 Å². The van der Waals surface area contributed by atoms with Crippen molar-refractivity contribution in [2.45, 2.75) is 11.1 Å². The second kappa shape index (κ2) is 5.77. The minimum absolute atomic E-state index is 0.00103. The summed E-state index contributed by atoms with van der Waals surface area (Å²) in [5.41, 5.74) is 0.813. The van der Waals surface area contributed by atoms with Gasteiger partial charge in [-0.25, -0.2) is 23.4 Å². The number of rotatable bonds is 2. The second-order valence-corrected chi connectivity index (χ2v) is 8.50. The number of benzene rings is 1. The molecule has 4 aromatic rings. The maximum absolute atomic E-state index is 13.0. The quantitative estimate of drug-likeness (QED) is 0.508. The van der Waals surface area contributed by atoms with Gasteiger partial charge in [-0.2, -0.15) is 13.2 Å². The first kappa shape index (κ1) is 18.4. The van der Waals surface area contributed by atoms with E-state index in [9.17, 15) is 21.6 Å². The Morgan fingerprint density at radius 1 is 1.00 bits per heavy atom. The molecule has 0 saturated carbocycles. The Morgan fingerprint density at radius 3 is 2.36 bits per heavy atom. The monoisotopic (exact) mass is 409 g/mol. The van der Waals surface area contributed by atoms with Gasteiger partial charge in [0.25, 0.3) is 0 Å². The molecule has 0 radical (unpaired) electrons. The fourth-order valence-corrected chi connectivity index (χ4v) is 4.00. The molecule has 0 atom stereocenters. The lowest BCUT2D eigenvalue weighted by Crippen LogP contribution is -2.07. The fraction of sp³-hybridized carbons (Fsp3) is 0.235. The van der Waals surface area contributed by atoms with E-state index in [1.54, 1.807) is 31.1 Å². The van der Waals surface area contributed by atoms with E-state index in [1.807, 2.05) is 0 Å². The van der Waals surface area contributed by atoms with E-state index < -0.39 is 21.7 Å². The highest BCUT2D eigenvalue weighted by atomic mass is 32.2. The van der Waals surface area contributed by atoms with Crippen molar-refractivity contribution in [2.24, 2.45) is 14.1 Å². The van der Waals surface area contributed by atoms with Crippen LogP contribution in [0.2, 0.25) is 0 Å². The number of sulfone groups is 1. The second-order valence-electron chi connectivity index (χ2n) is 6.52. The Labute approximate surface area is 157 Å². The summed E-state index contributed by atoms with van der Waals surface area (Å²) in [5.74, 6) is 0.222. The Balaban J connectivity index is 2.05. The van der Waals surface area contributed by atoms with Crippen molar-refractivity contribution in [2.75, 3.05) is 6.26 Å². The summed E-state index contributed by atoms with van der Waals surface area (Å²) in [4.78, 5) is 11.9. The van der Waals surface area contributed by atoms with Crippen molar-refractivity contribution < 1.29 is 21.6 Å². The molecule has 0 fully saturated rings. The van der Waals surface area contributed by atoms with Crippen LogP contribution in [0.5, 0.6) is 0 Å².